The molecule has 3 aromatic carbocycles. The quantitative estimate of drug-likeness (QED) is 0.256. The topological polar surface area (TPSA) is 56.7 Å². The van der Waals surface area contributed by atoms with Gasteiger partial charge < -0.3 is 4.42 Å². The lowest BCUT2D eigenvalue weighted by Crippen LogP contribution is -2.00. The molecule has 37 heavy (non-hydrogen) atoms. The zero-order chi connectivity index (χ0) is 27.6. The highest BCUT2D eigenvalue weighted by Gasteiger charge is 2.22. The van der Waals surface area contributed by atoms with E-state index >= 15 is 0 Å². The van der Waals surface area contributed by atoms with E-state index in [1.54, 1.807) is 18.3 Å². The molecule has 0 aliphatic heterocycles. The summed E-state index contributed by atoms with van der Waals surface area (Å²) in [6.45, 7) is 1.82. The fourth-order valence-corrected chi connectivity index (χ4v) is 5.19. The Morgan fingerprint density at radius 1 is 0.811 bits per heavy atom. The molecule has 0 radical (unpaired) electrons. The molecule has 0 saturated heterocycles. The first-order chi connectivity index (χ1) is 19.3. The molecule has 4 heterocycles. The van der Waals surface area contributed by atoms with Crippen LogP contribution in [-0.2, 0) is 0 Å². The minimum absolute atomic E-state index is 0.305. The number of para-hydroxylation sites is 2. The van der Waals surface area contributed by atoms with Gasteiger partial charge in [0.15, 0.2) is 0 Å². The van der Waals surface area contributed by atoms with Crippen molar-refractivity contribution in [3.63, 3.8) is 0 Å². The van der Waals surface area contributed by atoms with Crippen LogP contribution < -0.4 is 0 Å². The summed E-state index contributed by atoms with van der Waals surface area (Å²) in [5.74, 6) is 0.750. The maximum atomic E-state index is 7.75. The van der Waals surface area contributed by atoms with Crippen molar-refractivity contribution in [1.82, 2.24) is 19.5 Å². The van der Waals surface area contributed by atoms with Crippen LogP contribution in [0.5, 0.6) is 0 Å². The second-order valence-electron chi connectivity index (χ2n) is 9.27. The maximum absolute atomic E-state index is 7.75. The van der Waals surface area contributed by atoms with Crippen LogP contribution in [0, 0.1) is 20.7 Å². The summed E-state index contributed by atoms with van der Waals surface area (Å²) in [5.41, 5.74) is 8.84. The Morgan fingerprint density at radius 2 is 1.59 bits per heavy atom. The minimum atomic E-state index is -2.16. The fourth-order valence-electron chi connectivity index (χ4n) is 5.19. The molecule has 0 N–H and O–H groups in total. The van der Waals surface area contributed by atoms with Crippen molar-refractivity contribution < 1.29 is 8.53 Å². The summed E-state index contributed by atoms with van der Waals surface area (Å²) < 4.78 is 31.8. The normalized spacial score (nSPS) is 13.2. The summed E-state index contributed by atoms with van der Waals surface area (Å²) in [6, 6.07) is 27.2. The third kappa shape index (κ3) is 3.43. The van der Waals surface area contributed by atoms with E-state index in [1.807, 2.05) is 62.4 Å². The fraction of sp³-hybridized carbons (Fsp3) is 0.0938. The zero-order valence-corrected chi connectivity index (χ0v) is 20.4. The van der Waals surface area contributed by atoms with E-state index in [0.717, 1.165) is 61.4 Å². The molecular formula is C32H24N4O. The van der Waals surface area contributed by atoms with Gasteiger partial charge in [-0.05, 0) is 74.3 Å². The molecule has 4 aromatic heterocycles. The summed E-state index contributed by atoms with van der Waals surface area (Å²) >= 11 is 0. The largest absolute Gasteiger partial charge is 0.437 e. The predicted molar refractivity (Wildman–Crippen MR) is 149 cm³/mol. The van der Waals surface area contributed by atoms with E-state index in [2.05, 4.69) is 38.8 Å². The molecule has 5 heteroatoms. The molecule has 0 atom stereocenters. The number of aromatic nitrogens is 4. The van der Waals surface area contributed by atoms with Crippen LogP contribution in [0.2, 0.25) is 0 Å². The second-order valence-corrected chi connectivity index (χ2v) is 9.27. The minimum Gasteiger partial charge on any atom is -0.437 e. The van der Waals surface area contributed by atoms with Crippen molar-refractivity contribution in [2.45, 2.75) is 20.7 Å². The van der Waals surface area contributed by atoms with Crippen LogP contribution in [0.1, 0.15) is 21.1 Å². The number of nitrogens with zero attached hydrogens (tertiary/aromatic N) is 4. The number of pyridine rings is 2. The van der Waals surface area contributed by atoms with E-state index in [-0.39, 0.29) is 0 Å². The lowest BCUT2D eigenvalue weighted by molar-refractivity contribution is 0.654. The van der Waals surface area contributed by atoms with Crippen LogP contribution >= 0.6 is 0 Å². The van der Waals surface area contributed by atoms with Gasteiger partial charge in [-0.2, -0.15) is 0 Å². The van der Waals surface area contributed by atoms with Gasteiger partial charge in [0, 0.05) is 32.5 Å². The highest BCUT2D eigenvalue weighted by atomic mass is 16.3. The molecule has 0 unspecified atom stereocenters. The molecular weight excluding hydrogens is 456 g/mol. The van der Waals surface area contributed by atoms with Gasteiger partial charge in [-0.3, -0.25) is 9.55 Å². The number of rotatable bonds is 3. The molecule has 0 amide bonds. The zero-order valence-electron chi connectivity index (χ0n) is 23.4. The van der Waals surface area contributed by atoms with E-state index < -0.39 is 6.85 Å². The summed E-state index contributed by atoms with van der Waals surface area (Å²) in [5, 5.41) is 1.79. The van der Waals surface area contributed by atoms with Gasteiger partial charge in [0.25, 0.3) is 0 Å². The number of benzene rings is 3. The average Bonchev–Trinajstić information content (AvgIpc) is 3.51. The lowest BCUT2D eigenvalue weighted by Gasteiger charge is -2.13. The Kier molecular flexibility index (Phi) is 4.07. The summed E-state index contributed by atoms with van der Waals surface area (Å²) in [7, 11) is 0. The van der Waals surface area contributed by atoms with Gasteiger partial charge in [0.1, 0.15) is 11.4 Å². The third-order valence-electron chi connectivity index (χ3n) is 6.72. The average molecular weight is 484 g/mol. The third-order valence-corrected chi connectivity index (χ3v) is 6.72. The molecule has 0 saturated carbocycles. The van der Waals surface area contributed by atoms with E-state index in [0.29, 0.717) is 16.9 Å². The smallest absolute Gasteiger partial charge is 0.227 e. The molecule has 178 valence electrons. The molecule has 0 spiro atoms. The Hall–Kier alpha value is -4.77. The van der Waals surface area contributed by atoms with Crippen molar-refractivity contribution >= 4 is 33.1 Å². The molecule has 7 aromatic rings. The molecule has 0 aliphatic carbocycles. The van der Waals surface area contributed by atoms with Crippen molar-refractivity contribution in [3.8, 4) is 28.2 Å². The Bertz CT molecular complexity index is 2050. The summed E-state index contributed by atoms with van der Waals surface area (Å²) in [4.78, 5) is 14.2. The number of hydrogen-bond donors (Lipinski definition) is 0. The lowest BCUT2D eigenvalue weighted by atomic mass is 9.96. The molecule has 0 bridgehead atoms. The molecule has 0 fully saturated rings. The van der Waals surface area contributed by atoms with Gasteiger partial charge in [0.05, 0.1) is 22.3 Å². The van der Waals surface area contributed by atoms with Crippen LogP contribution in [-0.4, -0.2) is 19.5 Å². The molecule has 5 nitrogen and oxygen atoms in total. The van der Waals surface area contributed by atoms with Crippen LogP contribution in [0.3, 0.4) is 0 Å². The monoisotopic (exact) mass is 483 g/mol. The first-order valence-corrected chi connectivity index (χ1v) is 12.1. The number of furan rings is 1. The van der Waals surface area contributed by atoms with E-state index in [1.165, 1.54) is 0 Å². The first kappa shape index (κ1) is 18.5. The van der Waals surface area contributed by atoms with Gasteiger partial charge in [-0.15, -0.1) is 0 Å². The molecule has 0 aliphatic rings. The number of hydrogen-bond acceptors (Lipinski definition) is 4. The first-order valence-electron chi connectivity index (χ1n) is 13.6. The SMILES string of the molecule is [2H]C([2H])([2H])c1ccc(-c2ccc(-c3nc4ccccc4n3-c3cc(C)nc(C)c3)c3oc4ncccc4c23)cc1. The number of imidazole rings is 1. The highest BCUT2D eigenvalue weighted by Crippen LogP contribution is 2.42. The van der Waals surface area contributed by atoms with E-state index in [9.17, 15) is 0 Å². The maximum Gasteiger partial charge on any atom is 0.227 e. The van der Waals surface area contributed by atoms with Crippen molar-refractivity contribution in [2.24, 2.45) is 0 Å². The number of fused-ring (bicyclic) bond motifs is 4. The number of aryl methyl sites for hydroxylation is 3. The van der Waals surface area contributed by atoms with Crippen molar-refractivity contribution in [2.75, 3.05) is 0 Å². The van der Waals surface area contributed by atoms with Gasteiger partial charge in [0.2, 0.25) is 5.71 Å². The van der Waals surface area contributed by atoms with Crippen LogP contribution in [0.15, 0.2) is 95.5 Å². The van der Waals surface area contributed by atoms with Crippen LogP contribution in [0.4, 0.5) is 0 Å². The standard InChI is InChI=1S/C32H24N4O/c1-19-10-12-22(13-11-19)24-14-15-26(30-29(24)25-7-6-16-33-32(25)37-30)31-35-27-8-4-5-9-28(27)36(31)23-17-20(2)34-21(3)18-23/h4-18H,1-3H3/i1D3. The highest BCUT2D eigenvalue weighted by molar-refractivity contribution is 6.15. The van der Waals surface area contributed by atoms with Gasteiger partial charge in [-0.25, -0.2) is 9.97 Å². The van der Waals surface area contributed by atoms with Gasteiger partial charge in [-0.1, -0.05) is 48.0 Å². The van der Waals surface area contributed by atoms with Crippen molar-refractivity contribution in [3.05, 3.63) is 108 Å². The molecule has 7 rings (SSSR count). The Balaban J connectivity index is 1.54. The van der Waals surface area contributed by atoms with Crippen molar-refractivity contribution in [1.29, 1.82) is 0 Å². The summed E-state index contributed by atoms with van der Waals surface area (Å²) in [6.07, 6.45) is 1.72. The van der Waals surface area contributed by atoms with E-state index in [4.69, 9.17) is 13.5 Å². The Morgan fingerprint density at radius 3 is 2.41 bits per heavy atom. The van der Waals surface area contributed by atoms with Crippen LogP contribution in [0.25, 0.3) is 61.3 Å². The van der Waals surface area contributed by atoms with Gasteiger partial charge >= 0.3 is 0 Å². The predicted octanol–water partition coefficient (Wildman–Crippen LogP) is 7.97. The second kappa shape index (κ2) is 8.14. The Labute approximate surface area is 218 Å².